The standard InChI is InChI=1S/C14H14N2O3S/c1-9(17)16-12(14(18)19)8-20-13-6-7-15-11-5-3-2-4-10(11)13/h2-7,12H,8H2,1H3,(H,16,17)(H,18,19)/t12-/m0/s1. The zero-order chi connectivity index (χ0) is 14.5. The number of carboxylic acid groups (broad SMARTS) is 1. The van der Waals surface area contributed by atoms with E-state index in [0.717, 1.165) is 15.8 Å². The fraction of sp³-hybridized carbons (Fsp3) is 0.214. The van der Waals surface area contributed by atoms with Gasteiger partial charge in [-0.2, -0.15) is 0 Å². The van der Waals surface area contributed by atoms with E-state index in [1.54, 1.807) is 6.20 Å². The van der Waals surface area contributed by atoms with Crippen molar-refractivity contribution in [3.05, 3.63) is 36.5 Å². The zero-order valence-electron chi connectivity index (χ0n) is 10.9. The van der Waals surface area contributed by atoms with Gasteiger partial charge in [0.05, 0.1) is 5.52 Å². The Kier molecular flexibility index (Phi) is 4.57. The SMILES string of the molecule is CC(=O)N[C@@H](CSc1ccnc2ccccc12)C(=O)O. The number of aromatic nitrogens is 1. The second kappa shape index (κ2) is 6.38. The Morgan fingerprint density at radius 2 is 2.10 bits per heavy atom. The molecule has 5 nitrogen and oxygen atoms in total. The van der Waals surface area contributed by atoms with E-state index in [1.165, 1.54) is 18.7 Å². The lowest BCUT2D eigenvalue weighted by atomic mass is 10.2. The Labute approximate surface area is 120 Å². The summed E-state index contributed by atoms with van der Waals surface area (Å²) in [6.45, 7) is 1.31. The lowest BCUT2D eigenvalue weighted by Gasteiger charge is -2.13. The molecule has 0 saturated carbocycles. The van der Waals surface area contributed by atoms with Crippen LogP contribution in [-0.2, 0) is 9.59 Å². The molecule has 0 aliphatic rings. The molecular formula is C14H14N2O3S. The predicted molar refractivity (Wildman–Crippen MR) is 77.7 cm³/mol. The van der Waals surface area contributed by atoms with Crippen LogP contribution in [-0.4, -0.2) is 33.8 Å². The van der Waals surface area contributed by atoms with Gasteiger partial charge in [-0.3, -0.25) is 9.78 Å². The molecule has 0 unspecified atom stereocenters. The van der Waals surface area contributed by atoms with Crippen LogP contribution in [0, 0.1) is 0 Å². The third kappa shape index (κ3) is 3.48. The number of thioether (sulfide) groups is 1. The van der Waals surface area contributed by atoms with Gasteiger partial charge in [0.15, 0.2) is 0 Å². The smallest absolute Gasteiger partial charge is 0.327 e. The van der Waals surface area contributed by atoms with Gasteiger partial charge in [0, 0.05) is 29.2 Å². The number of benzene rings is 1. The number of hydrogen-bond acceptors (Lipinski definition) is 4. The molecule has 0 bridgehead atoms. The van der Waals surface area contributed by atoms with E-state index in [9.17, 15) is 9.59 Å². The van der Waals surface area contributed by atoms with Gasteiger partial charge < -0.3 is 10.4 Å². The third-order valence-corrected chi connectivity index (χ3v) is 3.86. The molecule has 1 aromatic carbocycles. The zero-order valence-corrected chi connectivity index (χ0v) is 11.7. The second-order valence-electron chi connectivity index (χ2n) is 4.23. The van der Waals surface area contributed by atoms with Gasteiger partial charge >= 0.3 is 5.97 Å². The first-order chi connectivity index (χ1) is 9.58. The van der Waals surface area contributed by atoms with Gasteiger partial charge in [-0.05, 0) is 12.1 Å². The van der Waals surface area contributed by atoms with Crippen LogP contribution >= 0.6 is 11.8 Å². The van der Waals surface area contributed by atoms with Crippen LogP contribution in [0.25, 0.3) is 10.9 Å². The summed E-state index contributed by atoms with van der Waals surface area (Å²) in [5.41, 5.74) is 0.865. The Morgan fingerprint density at radius 3 is 2.80 bits per heavy atom. The Morgan fingerprint density at radius 1 is 1.35 bits per heavy atom. The molecule has 0 spiro atoms. The van der Waals surface area contributed by atoms with Gasteiger partial charge in [0.2, 0.25) is 5.91 Å². The third-order valence-electron chi connectivity index (χ3n) is 2.69. The van der Waals surface area contributed by atoms with Crippen molar-refractivity contribution in [1.82, 2.24) is 10.3 Å². The maximum Gasteiger partial charge on any atom is 0.327 e. The number of pyridine rings is 1. The largest absolute Gasteiger partial charge is 0.480 e. The van der Waals surface area contributed by atoms with E-state index >= 15 is 0 Å². The summed E-state index contributed by atoms with van der Waals surface area (Å²) in [6, 6.07) is 8.61. The molecule has 0 fully saturated rings. The number of nitrogens with zero attached hydrogens (tertiary/aromatic N) is 1. The van der Waals surface area contributed by atoms with Crippen molar-refractivity contribution in [2.75, 3.05) is 5.75 Å². The van der Waals surface area contributed by atoms with E-state index in [1.807, 2.05) is 30.3 Å². The summed E-state index contributed by atoms with van der Waals surface area (Å²) in [5, 5.41) is 12.5. The van der Waals surface area contributed by atoms with E-state index in [-0.39, 0.29) is 11.7 Å². The monoisotopic (exact) mass is 290 g/mol. The molecule has 0 saturated heterocycles. The lowest BCUT2D eigenvalue weighted by Crippen LogP contribution is -2.41. The molecule has 6 heteroatoms. The molecule has 104 valence electrons. The second-order valence-corrected chi connectivity index (χ2v) is 5.29. The molecule has 1 atom stereocenters. The molecule has 1 amide bonds. The minimum Gasteiger partial charge on any atom is -0.480 e. The highest BCUT2D eigenvalue weighted by atomic mass is 32.2. The number of nitrogens with one attached hydrogen (secondary N) is 1. The maximum atomic E-state index is 11.1. The number of fused-ring (bicyclic) bond motifs is 1. The van der Waals surface area contributed by atoms with Crippen LogP contribution in [0.1, 0.15) is 6.92 Å². The average molecular weight is 290 g/mol. The molecule has 2 rings (SSSR count). The van der Waals surface area contributed by atoms with E-state index in [4.69, 9.17) is 5.11 Å². The number of amides is 1. The van der Waals surface area contributed by atoms with Gasteiger partial charge in [-0.1, -0.05) is 18.2 Å². The number of carbonyl (C=O) groups is 2. The fourth-order valence-electron chi connectivity index (χ4n) is 1.79. The summed E-state index contributed by atoms with van der Waals surface area (Å²) in [7, 11) is 0. The van der Waals surface area contributed by atoms with Crippen molar-refractivity contribution in [2.45, 2.75) is 17.9 Å². The molecule has 0 aliphatic carbocycles. The van der Waals surface area contributed by atoms with Crippen molar-refractivity contribution in [2.24, 2.45) is 0 Å². The predicted octanol–water partition coefficient (Wildman–Crippen LogP) is 1.92. The van der Waals surface area contributed by atoms with E-state index < -0.39 is 12.0 Å². The van der Waals surface area contributed by atoms with Crippen LogP contribution in [0.4, 0.5) is 0 Å². The molecule has 1 aromatic heterocycles. The van der Waals surface area contributed by atoms with E-state index in [0.29, 0.717) is 0 Å². The highest BCUT2D eigenvalue weighted by molar-refractivity contribution is 7.99. The van der Waals surface area contributed by atoms with Gasteiger partial charge in [-0.25, -0.2) is 4.79 Å². The highest BCUT2D eigenvalue weighted by Crippen LogP contribution is 2.26. The number of hydrogen-bond donors (Lipinski definition) is 2. The number of rotatable bonds is 5. The lowest BCUT2D eigenvalue weighted by molar-refractivity contribution is -0.140. The molecule has 1 heterocycles. The van der Waals surface area contributed by atoms with Crippen molar-refractivity contribution >= 4 is 34.5 Å². The molecule has 2 N–H and O–H groups in total. The summed E-state index contributed by atoms with van der Waals surface area (Å²) < 4.78 is 0. The van der Waals surface area contributed by atoms with Crippen LogP contribution in [0.15, 0.2) is 41.4 Å². The molecule has 0 aliphatic heterocycles. The Hall–Kier alpha value is -2.08. The van der Waals surface area contributed by atoms with Crippen LogP contribution in [0.3, 0.4) is 0 Å². The molecule has 20 heavy (non-hydrogen) atoms. The normalized spacial score (nSPS) is 12.1. The Bertz CT molecular complexity index is 640. The summed E-state index contributed by atoms with van der Waals surface area (Å²) in [4.78, 5) is 27.3. The van der Waals surface area contributed by atoms with Crippen molar-refractivity contribution < 1.29 is 14.7 Å². The van der Waals surface area contributed by atoms with Crippen molar-refractivity contribution in [1.29, 1.82) is 0 Å². The average Bonchev–Trinajstić information content (AvgIpc) is 2.42. The number of para-hydroxylation sites is 1. The first-order valence-corrected chi connectivity index (χ1v) is 7.03. The topological polar surface area (TPSA) is 79.3 Å². The number of carboxylic acids is 1. The minimum absolute atomic E-state index is 0.267. The first-order valence-electron chi connectivity index (χ1n) is 6.04. The van der Waals surface area contributed by atoms with E-state index in [2.05, 4.69) is 10.3 Å². The fourth-order valence-corrected chi connectivity index (χ4v) is 2.85. The number of carbonyl (C=O) groups excluding carboxylic acids is 1. The highest BCUT2D eigenvalue weighted by Gasteiger charge is 2.18. The maximum absolute atomic E-state index is 11.1. The first kappa shape index (κ1) is 14.3. The molecule has 0 radical (unpaired) electrons. The van der Waals surface area contributed by atoms with Gasteiger partial charge in [-0.15, -0.1) is 11.8 Å². The van der Waals surface area contributed by atoms with Crippen molar-refractivity contribution in [3.63, 3.8) is 0 Å². The summed E-state index contributed by atoms with van der Waals surface area (Å²) >= 11 is 1.39. The van der Waals surface area contributed by atoms with Gasteiger partial charge in [0.1, 0.15) is 6.04 Å². The van der Waals surface area contributed by atoms with Crippen LogP contribution < -0.4 is 5.32 Å². The van der Waals surface area contributed by atoms with Crippen molar-refractivity contribution in [3.8, 4) is 0 Å². The molecular weight excluding hydrogens is 276 g/mol. The van der Waals surface area contributed by atoms with Gasteiger partial charge in [0.25, 0.3) is 0 Å². The minimum atomic E-state index is -1.04. The molecule has 2 aromatic rings. The number of aliphatic carboxylic acids is 1. The van der Waals surface area contributed by atoms with Crippen LogP contribution in [0.5, 0.6) is 0 Å². The van der Waals surface area contributed by atoms with Crippen LogP contribution in [0.2, 0.25) is 0 Å². The summed E-state index contributed by atoms with van der Waals surface area (Å²) in [6.07, 6.45) is 1.69. The summed E-state index contributed by atoms with van der Waals surface area (Å²) in [5.74, 6) is -1.12. The Balaban J connectivity index is 2.15. The quantitative estimate of drug-likeness (QED) is 0.822.